The molecule has 1 aromatic rings. The van der Waals surface area contributed by atoms with Gasteiger partial charge in [-0.2, -0.15) is 0 Å². The molecule has 18 heavy (non-hydrogen) atoms. The second-order valence-electron chi connectivity index (χ2n) is 5.14. The number of piperidine rings is 1. The predicted octanol–water partition coefficient (Wildman–Crippen LogP) is 2.20. The predicted molar refractivity (Wildman–Crippen MR) is 73.5 cm³/mol. The smallest absolute Gasteiger partial charge is 0.254 e. The van der Waals surface area contributed by atoms with Crippen molar-refractivity contribution in [2.45, 2.75) is 45.2 Å². The minimum Gasteiger partial charge on any atom is -0.336 e. The molecule has 1 heterocycles. The molecule has 2 unspecified atom stereocenters. The van der Waals surface area contributed by atoms with Gasteiger partial charge in [0.2, 0.25) is 0 Å². The molecular weight excluding hydrogens is 224 g/mol. The van der Waals surface area contributed by atoms with Crippen molar-refractivity contribution < 1.29 is 4.79 Å². The van der Waals surface area contributed by atoms with Crippen molar-refractivity contribution in [2.75, 3.05) is 6.54 Å². The summed E-state index contributed by atoms with van der Waals surface area (Å²) in [6, 6.07) is 8.38. The molecule has 0 spiro atoms. The van der Waals surface area contributed by atoms with Crippen LogP contribution in [-0.4, -0.2) is 29.4 Å². The van der Waals surface area contributed by atoms with Gasteiger partial charge in [0.1, 0.15) is 0 Å². The van der Waals surface area contributed by atoms with Gasteiger partial charge in [0, 0.05) is 24.2 Å². The number of nitrogens with zero attached hydrogens (tertiary/aromatic N) is 1. The molecule has 1 saturated heterocycles. The van der Waals surface area contributed by atoms with E-state index >= 15 is 0 Å². The van der Waals surface area contributed by atoms with E-state index in [-0.39, 0.29) is 18.0 Å². The highest BCUT2D eigenvalue weighted by atomic mass is 16.2. The Bertz CT molecular complexity index is 430. The number of carbonyl (C=O) groups excluding carboxylic acids is 1. The normalized spacial score (nSPS) is 24.1. The second kappa shape index (κ2) is 5.53. The summed E-state index contributed by atoms with van der Waals surface area (Å²) in [5.74, 6) is 0.159. The van der Waals surface area contributed by atoms with E-state index in [0.717, 1.165) is 36.9 Å². The molecule has 2 rings (SSSR count). The van der Waals surface area contributed by atoms with Crippen LogP contribution in [-0.2, 0) is 6.42 Å². The Balaban J connectivity index is 2.20. The van der Waals surface area contributed by atoms with E-state index in [9.17, 15) is 4.79 Å². The molecule has 3 heteroatoms. The average Bonchev–Trinajstić information content (AvgIpc) is 2.38. The van der Waals surface area contributed by atoms with Crippen LogP contribution < -0.4 is 5.73 Å². The van der Waals surface area contributed by atoms with E-state index in [4.69, 9.17) is 5.73 Å². The highest BCUT2D eigenvalue weighted by molar-refractivity contribution is 5.96. The van der Waals surface area contributed by atoms with E-state index in [1.54, 1.807) is 0 Å². The summed E-state index contributed by atoms with van der Waals surface area (Å²) in [4.78, 5) is 14.6. The summed E-state index contributed by atoms with van der Waals surface area (Å²) < 4.78 is 0. The van der Waals surface area contributed by atoms with Gasteiger partial charge in [-0.25, -0.2) is 0 Å². The maximum Gasteiger partial charge on any atom is 0.254 e. The summed E-state index contributed by atoms with van der Waals surface area (Å²) >= 11 is 0. The molecule has 3 nitrogen and oxygen atoms in total. The van der Waals surface area contributed by atoms with Gasteiger partial charge in [0.05, 0.1) is 0 Å². The van der Waals surface area contributed by atoms with Crippen LogP contribution in [0.5, 0.6) is 0 Å². The van der Waals surface area contributed by atoms with Crippen LogP contribution in [0.1, 0.15) is 42.6 Å². The first-order chi connectivity index (χ1) is 8.63. The van der Waals surface area contributed by atoms with Crippen LogP contribution in [0.4, 0.5) is 0 Å². The Kier molecular flexibility index (Phi) is 4.02. The molecule has 2 atom stereocenters. The summed E-state index contributed by atoms with van der Waals surface area (Å²) in [5.41, 5.74) is 7.92. The van der Waals surface area contributed by atoms with E-state index in [1.165, 1.54) is 0 Å². The molecule has 98 valence electrons. The number of nitrogens with two attached hydrogens (primary N) is 1. The van der Waals surface area contributed by atoms with Gasteiger partial charge in [-0.05, 0) is 37.8 Å². The van der Waals surface area contributed by atoms with Crippen LogP contribution >= 0.6 is 0 Å². The lowest BCUT2D eigenvalue weighted by atomic mass is 9.96. The number of benzene rings is 1. The first-order valence-corrected chi connectivity index (χ1v) is 6.78. The third kappa shape index (κ3) is 2.56. The van der Waals surface area contributed by atoms with Crippen molar-refractivity contribution in [3.8, 4) is 0 Å². The van der Waals surface area contributed by atoms with Gasteiger partial charge in [-0.1, -0.05) is 25.1 Å². The molecule has 0 aromatic heterocycles. The standard InChI is InChI=1S/C15H22N2O/c1-3-12-6-4-5-7-14(12)15(18)17-9-8-13(16)10-11(17)2/h4-7,11,13H,3,8-10,16H2,1-2H3. The lowest BCUT2D eigenvalue weighted by molar-refractivity contribution is 0.0618. The van der Waals surface area contributed by atoms with Crippen LogP contribution in [0.3, 0.4) is 0 Å². The molecular formula is C15H22N2O. The van der Waals surface area contributed by atoms with Gasteiger partial charge in [0.25, 0.3) is 5.91 Å². The lowest BCUT2D eigenvalue weighted by Gasteiger charge is -2.36. The van der Waals surface area contributed by atoms with Crippen molar-refractivity contribution >= 4 is 5.91 Å². The molecule has 2 N–H and O–H groups in total. The maximum atomic E-state index is 12.6. The average molecular weight is 246 g/mol. The Morgan fingerprint density at radius 1 is 1.44 bits per heavy atom. The number of likely N-dealkylation sites (tertiary alicyclic amines) is 1. The summed E-state index contributed by atoms with van der Waals surface area (Å²) in [6.45, 7) is 4.95. The SMILES string of the molecule is CCc1ccccc1C(=O)N1CCC(N)CC1C. The first-order valence-electron chi connectivity index (χ1n) is 6.78. The first kappa shape index (κ1) is 13.1. The fourth-order valence-electron chi connectivity index (χ4n) is 2.70. The molecule has 1 aromatic carbocycles. The second-order valence-corrected chi connectivity index (χ2v) is 5.14. The molecule has 0 saturated carbocycles. The van der Waals surface area contributed by atoms with Crippen LogP contribution in [0, 0.1) is 0 Å². The quantitative estimate of drug-likeness (QED) is 0.869. The monoisotopic (exact) mass is 246 g/mol. The zero-order valence-electron chi connectivity index (χ0n) is 11.2. The van der Waals surface area contributed by atoms with Crippen LogP contribution in [0.15, 0.2) is 24.3 Å². The molecule has 1 aliphatic rings. The molecule has 0 radical (unpaired) electrons. The Morgan fingerprint density at radius 2 is 2.17 bits per heavy atom. The Morgan fingerprint density at radius 3 is 2.83 bits per heavy atom. The van der Waals surface area contributed by atoms with Gasteiger partial charge >= 0.3 is 0 Å². The van der Waals surface area contributed by atoms with E-state index in [1.807, 2.05) is 29.2 Å². The number of aryl methyl sites for hydroxylation is 1. The minimum absolute atomic E-state index is 0.159. The highest BCUT2D eigenvalue weighted by Crippen LogP contribution is 2.20. The zero-order valence-corrected chi connectivity index (χ0v) is 11.2. The lowest BCUT2D eigenvalue weighted by Crippen LogP contribution is -2.48. The van der Waals surface area contributed by atoms with Crippen molar-refractivity contribution in [1.82, 2.24) is 4.90 Å². The molecule has 1 amide bonds. The van der Waals surface area contributed by atoms with Gasteiger partial charge in [-0.15, -0.1) is 0 Å². The zero-order chi connectivity index (χ0) is 13.1. The van der Waals surface area contributed by atoms with E-state index in [0.29, 0.717) is 0 Å². The highest BCUT2D eigenvalue weighted by Gasteiger charge is 2.28. The number of amides is 1. The van der Waals surface area contributed by atoms with Gasteiger partial charge in [0.15, 0.2) is 0 Å². The molecule has 0 aliphatic carbocycles. The molecule has 1 fully saturated rings. The third-order valence-electron chi connectivity index (χ3n) is 3.81. The van der Waals surface area contributed by atoms with Gasteiger partial charge < -0.3 is 10.6 Å². The van der Waals surface area contributed by atoms with Crippen molar-refractivity contribution in [2.24, 2.45) is 5.73 Å². The van der Waals surface area contributed by atoms with E-state index in [2.05, 4.69) is 13.8 Å². The number of hydrogen-bond donors (Lipinski definition) is 1. The van der Waals surface area contributed by atoms with Crippen LogP contribution in [0.2, 0.25) is 0 Å². The minimum atomic E-state index is 0.159. The third-order valence-corrected chi connectivity index (χ3v) is 3.81. The Labute approximate surface area is 109 Å². The van der Waals surface area contributed by atoms with Crippen LogP contribution in [0.25, 0.3) is 0 Å². The number of carbonyl (C=O) groups is 1. The fourth-order valence-corrected chi connectivity index (χ4v) is 2.70. The van der Waals surface area contributed by atoms with Gasteiger partial charge in [-0.3, -0.25) is 4.79 Å². The number of hydrogen-bond acceptors (Lipinski definition) is 2. The Hall–Kier alpha value is -1.35. The largest absolute Gasteiger partial charge is 0.336 e. The molecule has 0 bridgehead atoms. The number of rotatable bonds is 2. The van der Waals surface area contributed by atoms with Crippen molar-refractivity contribution in [3.05, 3.63) is 35.4 Å². The maximum absolute atomic E-state index is 12.6. The van der Waals surface area contributed by atoms with Crippen molar-refractivity contribution in [3.63, 3.8) is 0 Å². The fraction of sp³-hybridized carbons (Fsp3) is 0.533. The van der Waals surface area contributed by atoms with Crippen molar-refractivity contribution in [1.29, 1.82) is 0 Å². The summed E-state index contributed by atoms with van der Waals surface area (Å²) in [7, 11) is 0. The topological polar surface area (TPSA) is 46.3 Å². The summed E-state index contributed by atoms with van der Waals surface area (Å²) in [6.07, 6.45) is 2.70. The molecule has 1 aliphatic heterocycles. The van der Waals surface area contributed by atoms with E-state index < -0.39 is 0 Å². The summed E-state index contributed by atoms with van der Waals surface area (Å²) in [5, 5.41) is 0.